The average molecular weight is 325 g/mol. The van der Waals surface area contributed by atoms with Gasteiger partial charge in [0.25, 0.3) is 5.91 Å². The number of pyridine rings is 1. The summed E-state index contributed by atoms with van der Waals surface area (Å²) in [6.45, 7) is 0.765. The van der Waals surface area contributed by atoms with Crippen LogP contribution in [0.1, 0.15) is 48.2 Å². The van der Waals surface area contributed by atoms with Gasteiger partial charge >= 0.3 is 0 Å². The highest BCUT2D eigenvalue weighted by Gasteiger charge is 2.40. The highest BCUT2D eigenvalue weighted by atomic mass is 16.2. The fourth-order valence-corrected chi connectivity index (χ4v) is 5.05. The van der Waals surface area contributed by atoms with Crippen molar-refractivity contribution in [2.75, 3.05) is 13.6 Å². The van der Waals surface area contributed by atoms with E-state index in [1.807, 2.05) is 6.07 Å². The Kier molecular flexibility index (Phi) is 3.16. The number of amides is 1. The first-order valence-corrected chi connectivity index (χ1v) is 9.07. The van der Waals surface area contributed by atoms with Gasteiger partial charge in [0.2, 0.25) is 0 Å². The van der Waals surface area contributed by atoms with Crippen LogP contribution in [0.4, 0.5) is 0 Å². The van der Waals surface area contributed by atoms with Gasteiger partial charge in [-0.3, -0.25) is 9.89 Å². The largest absolute Gasteiger partial charge is 0.335 e. The van der Waals surface area contributed by atoms with Crippen LogP contribution >= 0.6 is 0 Å². The molecule has 2 bridgehead atoms. The van der Waals surface area contributed by atoms with Crippen molar-refractivity contribution in [2.24, 2.45) is 0 Å². The highest BCUT2D eigenvalue weighted by Crippen LogP contribution is 2.36. The summed E-state index contributed by atoms with van der Waals surface area (Å²) in [6, 6.07) is 3.49. The lowest BCUT2D eigenvalue weighted by Crippen LogP contribution is -2.56. The first kappa shape index (κ1) is 14.4. The number of H-pyrrole nitrogens is 1. The molecule has 3 aliphatic rings. The first-order valence-electron chi connectivity index (χ1n) is 9.07. The van der Waals surface area contributed by atoms with Crippen LogP contribution in [-0.2, 0) is 6.42 Å². The summed E-state index contributed by atoms with van der Waals surface area (Å²) in [4.78, 5) is 22.3. The van der Waals surface area contributed by atoms with E-state index in [1.54, 1.807) is 6.20 Å². The van der Waals surface area contributed by atoms with Crippen molar-refractivity contribution >= 4 is 16.9 Å². The smallest absolute Gasteiger partial charge is 0.254 e. The summed E-state index contributed by atoms with van der Waals surface area (Å²) in [5, 5.41) is 8.29. The Balaban J connectivity index is 1.49. The minimum Gasteiger partial charge on any atom is -0.335 e. The number of hydrogen-bond donors (Lipinski definition) is 1. The molecule has 0 aromatic carbocycles. The Bertz CT molecular complexity index is 786. The molecular weight excluding hydrogens is 302 g/mol. The second-order valence-corrected chi connectivity index (χ2v) is 7.53. The molecule has 2 fully saturated rings. The van der Waals surface area contributed by atoms with E-state index in [9.17, 15) is 4.79 Å². The lowest BCUT2D eigenvalue weighted by atomic mass is 9.81. The van der Waals surface area contributed by atoms with Gasteiger partial charge in [-0.1, -0.05) is 6.42 Å². The zero-order valence-electron chi connectivity index (χ0n) is 14.0. The molecule has 0 saturated carbocycles. The van der Waals surface area contributed by atoms with Gasteiger partial charge in [-0.05, 0) is 38.8 Å². The van der Waals surface area contributed by atoms with E-state index in [1.165, 1.54) is 19.3 Å². The molecule has 6 heteroatoms. The van der Waals surface area contributed by atoms with E-state index in [4.69, 9.17) is 0 Å². The molecule has 1 N–H and O–H groups in total. The molecule has 2 unspecified atom stereocenters. The lowest BCUT2D eigenvalue weighted by Gasteiger charge is -2.49. The van der Waals surface area contributed by atoms with Gasteiger partial charge < -0.3 is 9.80 Å². The van der Waals surface area contributed by atoms with Gasteiger partial charge in [0.15, 0.2) is 5.65 Å². The van der Waals surface area contributed by atoms with Crippen LogP contribution in [0, 0.1) is 0 Å². The van der Waals surface area contributed by atoms with Crippen LogP contribution in [0.3, 0.4) is 0 Å². The van der Waals surface area contributed by atoms with Crippen molar-refractivity contribution in [3.63, 3.8) is 0 Å². The van der Waals surface area contributed by atoms with Crippen LogP contribution in [0.5, 0.6) is 0 Å². The topological polar surface area (TPSA) is 65.1 Å². The number of nitrogens with zero attached hydrogens (tertiary/aromatic N) is 4. The molecule has 3 aliphatic heterocycles. The summed E-state index contributed by atoms with van der Waals surface area (Å²) in [5.74, 6) is 0.162. The van der Waals surface area contributed by atoms with E-state index in [0.29, 0.717) is 18.1 Å². The Morgan fingerprint density at radius 2 is 2.00 bits per heavy atom. The molecule has 2 atom stereocenters. The van der Waals surface area contributed by atoms with Crippen molar-refractivity contribution in [3.8, 4) is 0 Å². The molecule has 126 valence electrons. The average Bonchev–Trinajstić information content (AvgIpc) is 2.92. The van der Waals surface area contributed by atoms with Crippen molar-refractivity contribution in [3.05, 3.63) is 23.5 Å². The lowest BCUT2D eigenvalue weighted by molar-refractivity contribution is 0.0106. The van der Waals surface area contributed by atoms with Gasteiger partial charge in [-0.25, -0.2) is 4.98 Å². The van der Waals surface area contributed by atoms with E-state index >= 15 is 0 Å². The van der Waals surface area contributed by atoms with Gasteiger partial charge in [0.1, 0.15) is 0 Å². The maximum Gasteiger partial charge on any atom is 0.254 e. The summed E-state index contributed by atoms with van der Waals surface area (Å²) >= 11 is 0. The molecule has 0 aliphatic carbocycles. The zero-order chi connectivity index (χ0) is 16.3. The second kappa shape index (κ2) is 5.28. The molecule has 6 nitrogen and oxygen atoms in total. The van der Waals surface area contributed by atoms with Crippen LogP contribution in [0.25, 0.3) is 11.0 Å². The number of hydrogen-bond acceptors (Lipinski definition) is 4. The minimum atomic E-state index is 0.162. The van der Waals surface area contributed by atoms with E-state index in [0.717, 1.165) is 48.1 Å². The number of carbonyl (C=O) groups excluding carboxylic acids is 1. The second-order valence-electron chi connectivity index (χ2n) is 7.53. The fraction of sp³-hybridized carbons (Fsp3) is 0.611. The zero-order valence-corrected chi connectivity index (χ0v) is 14.0. The number of aromatic nitrogens is 3. The first-order chi connectivity index (χ1) is 11.7. The predicted octanol–water partition coefficient (Wildman–Crippen LogP) is 1.97. The molecular formula is C18H23N5O. The van der Waals surface area contributed by atoms with E-state index in [-0.39, 0.29) is 5.91 Å². The molecule has 2 aromatic rings. The maximum absolute atomic E-state index is 13.3. The molecule has 0 radical (unpaired) electrons. The van der Waals surface area contributed by atoms with Crippen molar-refractivity contribution < 1.29 is 4.79 Å². The molecule has 5 heterocycles. The third-order valence-electron chi connectivity index (χ3n) is 6.37. The SMILES string of the molecule is CN1C2CCCC1CC(N1CCc3n[nH]c4nccc(c34)C1=O)C2. The number of carbonyl (C=O) groups is 1. The van der Waals surface area contributed by atoms with Crippen LogP contribution < -0.4 is 0 Å². The molecule has 2 saturated heterocycles. The summed E-state index contributed by atoms with van der Waals surface area (Å²) < 4.78 is 0. The number of fused-ring (bicyclic) bond motifs is 2. The number of nitrogens with one attached hydrogen (secondary N) is 1. The van der Waals surface area contributed by atoms with E-state index < -0.39 is 0 Å². The molecule has 5 rings (SSSR count). The van der Waals surface area contributed by atoms with Gasteiger partial charge in [-0.15, -0.1) is 0 Å². The standard InChI is InChI=1S/C18H23N5O/c1-22-11-3-2-4-12(22)10-13(9-11)23-8-6-15-16-14(18(23)24)5-7-19-17(16)21-20-15/h5,7,11-13H,2-4,6,8-10H2,1H3,(H,19,20,21). The van der Waals surface area contributed by atoms with Crippen molar-refractivity contribution in [1.29, 1.82) is 0 Å². The monoisotopic (exact) mass is 325 g/mol. The Morgan fingerprint density at radius 3 is 2.79 bits per heavy atom. The third kappa shape index (κ3) is 2.02. The van der Waals surface area contributed by atoms with E-state index in [2.05, 4.69) is 32.0 Å². The predicted molar refractivity (Wildman–Crippen MR) is 90.8 cm³/mol. The van der Waals surface area contributed by atoms with Crippen molar-refractivity contribution in [2.45, 2.75) is 56.7 Å². The van der Waals surface area contributed by atoms with Crippen LogP contribution in [0.15, 0.2) is 12.3 Å². The van der Waals surface area contributed by atoms with Crippen molar-refractivity contribution in [1.82, 2.24) is 25.0 Å². The summed E-state index contributed by atoms with van der Waals surface area (Å²) in [6.07, 6.45) is 8.62. The molecule has 24 heavy (non-hydrogen) atoms. The fourth-order valence-electron chi connectivity index (χ4n) is 5.05. The van der Waals surface area contributed by atoms with Crippen LogP contribution in [-0.4, -0.2) is 62.6 Å². The molecule has 0 spiro atoms. The summed E-state index contributed by atoms with van der Waals surface area (Å²) in [7, 11) is 2.26. The highest BCUT2D eigenvalue weighted by molar-refractivity contribution is 6.07. The van der Waals surface area contributed by atoms with Crippen LogP contribution in [0.2, 0.25) is 0 Å². The normalized spacial score (nSPS) is 30.6. The summed E-state index contributed by atoms with van der Waals surface area (Å²) in [5.41, 5.74) is 2.49. The Hall–Kier alpha value is -1.95. The van der Waals surface area contributed by atoms with Gasteiger partial charge in [-0.2, -0.15) is 5.10 Å². The van der Waals surface area contributed by atoms with Gasteiger partial charge in [0.05, 0.1) is 16.6 Å². The molecule has 2 aromatic heterocycles. The Labute approximate surface area is 141 Å². The quantitative estimate of drug-likeness (QED) is 0.870. The number of piperidine rings is 2. The maximum atomic E-state index is 13.3. The van der Waals surface area contributed by atoms with Gasteiger partial charge in [0, 0.05) is 37.3 Å². The Morgan fingerprint density at radius 1 is 1.21 bits per heavy atom. The third-order valence-corrected chi connectivity index (χ3v) is 6.37. The molecule has 1 amide bonds. The number of aromatic amines is 1. The minimum absolute atomic E-state index is 0.162. The number of rotatable bonds is 1.